The van der Waals surface area contributed by atoms with Gasteiger partial charge in [0.05, 0.1) is 13.2 Å². The van der Waals surface area contributed by atoms with E-state index >= 15 is 0 Å². The lowest BCUT2D eigenvalue weighted by molar-refractivity contribution is 0.141. The maximum atomic E-state index is 6.02. The van der Waals surface area contributed by atoms with Gasteiger partial charge in [-0.1, -0.05) is 31.2 Å². The normalized spacial score (nSPS) is 11.1. The van der Waals surface area contributed by atoms with Crippen molar-refractivity contribution < 1.29 is 9.47 Å². The zero-order valence-electron chi connectivity index (χ0n) is 14.3. The molecule has 0 radical (unpaired) electrons. The van der Waals surface area contributed by atoms with Crippen LogP contribution in [0.1, 0.15) is 18.1 Å². The van der Waals surface area contributed by atoms with Crippen LogP contribution >= 0.6 is 12.2 Å². The summed E-state index contributed by atoms with van der Waals surface area (Å²) in [5, 5.41) is 0. The number of rotatable bonds is 7. The zero-order valence-corrected chi connectivity index (χ0v) is 15.1. The highest BCUT2D eigenvalue weighted by Gasteiger charge is 2.13. The molecule has 0 amide bonds. The molecular formula is C17H21N5O2S. The molecule has 0 unspecified atom stereocenters. The van der Waals surface area contributed by atoms with Gasteiger partial charge in [-0.25, -0.2) is 0 Å². The molecule has 8 heteroatoms. The van der Waals surface area contributed by atoms with Gasteiger partial charge in [-0.15, -0.1) is 0 Å². The van der Waals surface area contributed by atoms with Crippen LogP contribution < -0.4 is 10.5 Å². The van der Waals surface area contributed by atoms with Gasteiger partial charge in [0.15, 0.2) is 16.2 Å². The van der Waals surface area contributed by atoms with Gasteiger partial charge in [0.1, 0.15) is 12.1 Å². The molecule has 0 aliphatic heterocycles. The van der Waals surface area contributed by atoms with E-state index in [1.54, 1.807) is 7.11 Å². The summed E-state index contributed by atoms with van der Waals surface area (Å²) in [6.07, 6.45) is 1.01. The number of imidazole rings is 1. The Morgan fingerprint density at radius 1 is 1.16 bits per heavy atom. The molecule has 132 valence electrons. The molecule has 0 atom stereocenters. The highest BCUT2D eigenvalue weighted by atomic mass is 32.1. The number of methoxy groups -OCH3 is 1. The van der Waals surface area contributed by atoms with Crippen molar-refractivity contribution in [3.8, 4) is 6.01 Å². The minimum Gasteiger partial charge on any atom is -0.461 e. The van der Waals surface area contributed by atoms with Crippen molar-refractivity contribution in [3.63, 3.8) is 0 Å². The minimum absolute atomic E-state index is 0.214. The van der Waals surface area contributed by atoms with Gasteiger partial charge in [-0.3, -0.25) is 4.57 Å². The smallest absolute Gasteiger partial charge is 0.320 e. The maximum Gasteiger partial charge on any atom is 0.320 e. The number of nitrogen functional groups attached to an aromatic ring is 1. The predicted molar refractivity (Wildman–Crippen MR) is 99.4 cm³/mol. The van der Waals surface area contributed by atoms with Gasteiger partial charge in [-0.2, -0.15) is 9.97 Å². The second-order valence-corrected chi connectivity index (χ2v) is 6.00. The molecule has 3 N–H and O–H groups in total. The van der Waals surface area contributed by atoms with E-state index in [2.05, 4.69) is 46.1 Å². The van der Waals surface area contributed by atoms with Crippen molar-refractivity contribution in [1.29, 1.82) is 0 Å². The molecule has 0 spiro atoms. The average molecular weight is 359 g/mol. The van der Waals surface area contributed by atoms with Gasteiger partial charge in [0.25, 0.3) is 0 Å². The van der Waals surface area contributed by atoms with E-state index in [-0.39, 0.29) is 6.01 Å². The van der Waals surface area contributed by atoms with E-state index in [0.29, 0.717) is 41.5 Å². The predicted octanol–water partition coefficient (Wildman–Crippen LogP) is 2.71. The Labute approximate surface area is 150 Å². The van der Waals surface area contributed by atoms with Gasteiger partial charge < -0.3 is 20.2 Å². The van der Waals surface area contributed by atoms with Crippen LogP contribution in [-0.4, -0.2) is 39.8 Å². The van der Waals surface area contributed by atoms with Crippen LogP contribution in [0, 0.1) is 4.77 Å². The fraction of sp³-hybridized carbons (Fsp3) is 0.353. The summed E-state index contributed by atoms with van der Waals surface area (Å²) in [5.74, 6) is 0.309. The zero-order chi connectivity index (χ0) is 17.8. The second kappa shape index (κ2) is 7.62. The fourth-order valence-corrected chi connectivity index (χ4v) is 2.77. The van der Waals surface area contributed by atoms with Crippen LogP contribution in [0.4, 0.5) is 5.82 Å². The van der Waals surface area contributed by atoms with Crippen LogP contribution in [0.3, 0.4) is 0 Å². The Balaban J connectivity index is 1.95. The van der Waals surface area contributed by atoms with Crippen LogP contribution in [0.15, 0.2) is 24.3 Å². The first-order chi connectivity index (χ1) is 12.1. The molecule has 0 saturated carbocycles. The molecule has 3 aromatic rings. The fourth-order valence-electron chi connectivity index (χ4n) is 2.52. The molecule has 0 bridgehead atoms. The number of hydrogen-bond acceptors (Lipinski definition) is 6. The highest BCUT2D eigenvalue weighted by molar-refractivity contribution is 7.71. The van der Waals surface area contributed by atoms with Gasteiger partial charge in [0, 0.05) is 7.11 Å². The van der Waals surface area contributed by atoms with E-state index in [0.717, 1.165) is 12.0 Å². The number of nitrogens with one attached hydrogen (secondary N) is 1. The number of aromatic amines is 1. The SMILES string of the molecule is CCc1ccc(Cn2c(=S)[nH]c3c(N)nc(OCCOC)nc32)cc1. The number of fused-ring (bicyclic) bond motifs is 1. The maximum absolute atomic E-state index is 6.02. The summed E-state index contributed by atoms with van der Waals surface area (Å²) in [7, 11) is 1.61. The number of benzene rings is 1. The Morgan fingerprint density at radius 3 is 2.56 bits per heavy atom. The third-order valence-corrected chi connectivity index (χ3v) is 4.24. The Kier molecular flexibility index (Phi) is 5.30. The van der Waals surface area contributed by atoms with E-state index in [9.17, 15) is 0 Å². The van der Waals surface area contributed by atoms with Crippen molar-refractivity contribution in [2.24, 2.45) is 0 Å². The summed E-state index contributed by atoms with van der Waals surface area (Å²) in [6.45, 7) is 3.53. The van der Waals surface area contributed by atoms with Gasteiger partial charge in [-0.05, 0) is 29.8 Å². The van der Waals surface area contributed by atoms with Crippen LogP contribution in [0.2, 0.25) is 0 Å². The number of nitrogens with zero attached hydrogens (tertiary/aromatic N) is 3. The molecule has 2 aromatic heterocycles. The number of ether oxygens (including phenoxy) is 2. The van der Waals surface area contributed by atoms with E-state index in [4.69, 9.17) is 27.4 Å². The standard InChI is InChI=1S/C17H21N5O2S/c1-3-11-4-6-12(7-5-11)10-22-15-13(19-17(22)25)14(18)20-16(21-15)24-9-8-23-2/h4-7H,3,8-10H2,1-2H3,(H,19,25)(H2,18,20,21). The lowest BCUT2D eigenvalue weighted by Crippen LogP contribution is -2.09. The Morgan fingerprint density at radius 2 is 1.88 bits per heavy atom. The number of aryl methyl sites for hydroxylation is 1. The lowest BCUT2D eigenvalue weighted by atomic mass is 10.1. The summed E-state index contributed by atoms with van der Waals surface area (Å²) >= 11 is 5.43. The summed E-state index contributed by atoms with van der Waals surface area (Å²) < 4.78 is 12.9. The molecule has 7 nitrogen and oxygen atoms in total. The number of hydrogen-bond donors (Lipinski definition) is 2. The molecule has 25 heavy (non-hydrogen) atoms. The van der Waals surface area contributed by atoms with Gasteiger partial charge >= 0.3 is 6.01 Å². The largest absolute Gasteiger partial charge is 0.461 e. The first kappa shape index (κ1) is 17.4. The molecule has 0 aliphatic carbocycles. The first-order valence-corrected chi connectivity index (χ1v) is 8.48. The number of H-pyrrole nitrogens is 1. The monoisotopic (exact) mass is 359 g/mol. The lowest BCUT2D eigenvalue weighted by Gasteiger charge is -2.08. The summed E-state index contributed by atoms with van der Waals surface area (Å²) in [4.78, 5) is 11.7. The summed E-state index contributed by atoms with van der Waals surface area (Å²) in [5.41, 5.74) is 9.70. The van der Waals surface area contributed by atoms with Crippen LogP contribution in [0.5, 0.6) is 6.01 Å². The van der Waals surface area contributed by atoms with Crippen molar-refractivity contribution in [1.82, 2.24) is 19.5 Å². The molecule has 1 aromatic carbocycles. The quantitative estimate of drug-likeness (QED) is 0.498. The van der Waals surface area contributed by atoms with Crippen molar-refractivity contribution in [2.45, 2.75) is 19.9 Å². The van der Waals surface area contributed by atoms with Crippen molar-refractivity contribution in [2.75, 3.05) is 26.1 Å². The highest BCUT2D eigenvalue weighted by Crippen LogP contribution is 2.21. The molecule has 0 fully saturated rings. The van der Waals surface area contributed by atoms with E-state index in [1.165, 1.54) is 5.56 Å². The molecule has 0 saturated heterocycles. The third kappa shape index (κ3) is 3.80. The van der Waals surface area contributed by atoms with E-state index in [1.807, 2.05) is 4.57 Å². The molecule has 0 aliphatic rings. The van der Waals surface area contributed by atoms with Gasteiger partial charge in [0.2, 0.25) is 0 Å². The van der Waals surface area contributed by atoms with Crippen LogP contribution in [0.25, 0.3) is 11.2 Å². The minimum atomic E-state index is 0.214. The van der Waals surface area contributed by atoms with E-state index < -0.39 is 0 Å². The number of anilines is 1. The van der Waals surface area contributed by atoms with Crippen LogP contribution in [-0.2, 0) is 17.7 Å². The second-order valence-electron chi connectivity index (χ2n) is 5.62. The number of aromatic nitrogens is 4. The summed E-state index contributed by atoms with van der Waals surface area (Å²) in [6, 6.07) is 8.65. The van der Waals surface area contributed by atoms with Crippen molar-refractivity contribution in [3.05, 3.63) is 40.2 Å². The molecule has 2 heterocycles. The molecule has 3 rings (SSSR count). The average Bonchev–Trinajstić information content (AvgIpc) is 2.93. The Hall–Kier alpha value is -2.45. The Bertz CT molecular complexity index is 917. The molecular weight excluding hydrogens is 338 g/mol. The number of nitrogens with two attached hydrogens (primary N) is 1. The third-order valence-electron chi connectivity index (χ3n) is 3.92. The first-order valence-electron chi connectivity index (χ1n) is 8.08. The van der Waals surface area contributed by atoms with Crippen molar-refractivity contribution >= 4 is 29.2 Å². The topological polar surface area (TPSA) is 91.0 Å².